The predicted molar refractivity (Wildman–Crippen MR) is 365 cm³/mol. The van der Waals surface area contributed by atoms with E-state index in [4.69, 9.17) is 19.9 Å². The summed E-state index contributed by atoms with van der Waals surface area (Å²) in [6.07, 6.45) is 7.50. The lowest BCUT2D eigenvalue weighted by Gasteiger charge is -2.22. The monoisotopic (exact) mass is 1140 g/mol. The number of hydrogen-bond acceptors (Lipinski definition) is 5. The lowest BCUT2D eigenvalue weighted by molar-refractivity contribution is 1.10. The minimum Gasteiger partial charge on any atom is -0.309 e. The van der Waals surface area contributed by atoms with Crippen LogP contribution in [0.2, 0.25) is 0 Å². The summed E-state index contributed by atoms with van der Waals surface area (Å²) in [5.74, 6) is 0. The average molecular weight is 1140 g/mol. The van der Waals surface area contributed by atoms with E-state index in [2.05, 4.69) is 234 Å². The van der Waals surface area contributed by atoms with E-state index in [9.17, 15) is 5.26 Å². The molecule has 0 radical (unpaired) electrons. The van der Waals surface area contributed by atoms with Crippen LogP contribution >= 0.6 is 0 Å². The molecule has 0 aliphatic carbocycles. The summed E-state index contributed by atoms with van der Waals surface area (Å²) in [4.78, 5) is 20.1. The topological polar surface area (TPSA) is 85.2 Å². The van der Waals surface area contributed by atoms with E-state index in [1.165, 1.54) is 0 Å². The van der Waals surface area contributed by atoms with Crippen LogP contribution in [-0.4, -0.2) is 29.1 Å². The second kappa shape index (κ2) is 22.1. The minimum absolute atomic E-state index is 0.579. The third kappa shape index (κ3) is 9.14. The first-order valence-electron chi connectivity index (χ1n) is 29.9. The zero-order chi connectivity index (χ0) is 59.4. The molecule has 6 heterocycles. The third-order valence-corrected chi connectivity index (χ3v) is 17.4. The molecule has 0 N–H and O–H groups in total. The Hall–Kier alpha value is -12.1. The number of fused-ring (bicyclic) bond motifs is 6. The molecule has 0 amide bonds. The van der Waals surface area contributed by atoms with Crippen LogP contribution in [0, 0.1) is 18.3 Å². The zero-order valence-electron chi connectivity index (χ0n) is 48.5. The lowest BCUT2D eigenvalue weighted by atomic mass is 9.96. The molecule has 10 aromatic carbocycles. The molecule has 416 valence electrons. The lowest BCUT2D eigenvalue weighted by Crippen LogP contribution is -2.06. The van der Waals surface area contributed by atoms with E-state index in [-0.39, 0.29) is 0 Å². The maximum atomic E-state index is 10.6. The molecule has 7 nitrogen and oxygen atoms in total. The summed E-state index contributed by atoms with van der Waals surface area (Å²) in [6.45, 7) is 2.27. The van der Waals surface area contributed by atoms with Crippen molar-refractivity contribution in [1.82, 2.24) is 29.1 Å². The van der Waals surface area contributed by atoms with E-state index < -0.39 is 0 Å². The number of rotatable bonds is 11. The van der Waals surface area contributed by atoms with Gasteiger partial charge >= 0.3 is 0 Å². The van der Waals surface area contributed by atoms with Gasteiger partial charge in [-0.2, -0.15) is 5.26 Å². The maximum absolute atomic E-state index is 10.6. The fraction of sp³-hybridized carbons (Fsp3) is 0.0122. The molecule has 6 aromatic heterocycles. The highest BCUT2D eigenvalue weighted by atomic mass is 15.0. The molecule has 16 aromatic rings. The molecule has 16 rings (SSSR count). The van der Waals surface area contributed by atoms with Crippen molar-refractivity contribution in [3.8, 4) is 118 Å². The Morgan fingerprint density at radius 1 is 0.281 bits per heavy atom. The highest BCUT2D eigenvalue weighted by Gasteiger charge is 2.26. The summed E-state index contributed by atoms with van der Waals surface area (Å²) in [6, 6.07) is 101. The number of hydrogen-bond donors (Lipinski definition) is 0. The predicted octanol–water partition coefficient (Wildman–Crippen LogP) is 20.6. The molecule has 0 aliphatic rings. The molecule has 7 heteroatoms. The Balaban J connectivity index is 1.02. The molecule has 0 aliphatic heterocycles. The molecular formula is C82H53N7. The molecule has 0 saturated carbocycles. The Kier molecular flexibility index (Phi) is 13.0. The highest BCUT2D eigenvalue weighted by Crippen LogP contribution is 2.46. The van der Waals surface area contributed by atoms with Gasteiger partial charge in [-0.3, -0.25) is 19.9 Å². The van der Waals surface area contributed by atoms with Crippen LogP contribution in [0.15, 0.2) is 304 Å². The second-order valence-electron chi connectivity index (χ2n) is 22.5. The normalized spacial score (nSPS) is 11.4. The first-order chi connectivity index (χ1) is 44.0. The van der Waals surface area contributed by atoms with Crippen molar-refractivity contribution >= 4 is 43.6 Å². The van der Waals surface area contributed by atoms with Gasteiger partial charge in [0.2, 0.25) is 0 Å². The molecule has 0 bridgehead atoms. The average Bonchev–Trinajstić information content (AvgIpc) is 1.64. The highest BCUT2D eigenvalue weighted by molar-refractivity contribution is 6.14. The van der Waals surface area contributed by atoms with Crippen LogP contribution in [0.25, 0.3) is 156 Å². The Morgan fingerprint density at radius 2 is 0.607 bits per heavy atom. The van der Waals surface area contributed by atoms with Gasteiger partial charge in [-0.05, 0) is 107 Å². The number of nitrogens with zero attached hydrogens (tertiary/aromatic N) is 7. The van der Waals surface area contributed by atoms with Crippen LogP contribution in [0.5, 0.6) is 0 Å². The third-order valence-electron chi connectivity index (χ3n) is 17.4. The van der Waals surface area contributed by atoms with Gasteiger partial charge in [0.1, 0.15) is 0 Å². The zero-order valence-corrected chi connectivity index (χ0v) is 48.5. The van der Waals surface area contributed by atoms with Crippen LogP contribution in [-0.2, 0) is 0 Å². The Morgan fingerprint density at radius 3 is 0.955 bits per heavy atom. The van der Waals surface area contributed by atoms with Gasteiger partial charge in [-0.15, -0.1) is 0 Å². The fourth-order valence-electron chi connectivity index (χ4n) is 13.3. The molecule has 0 fully saturated rings. The van der Waals surface area contributed by atoms with Crippen molar-refractivity contribution in [2.75, 3.05) is 0 Å². The van der Waals surface area contributed by atoms with Gasteiger partial charge in [-0.1, -0.05) is 212 Å². The maximum Gasteiger partial charge on any atom is 0.0991 e. The SMILES string of the molecule is Cc1c(-n2c3cc(-c4cccnc4-c4ccccc4)ccc3c3ccc(-c4cccnc4-c4ccccc4)cc32)ccc(-c2cccc(C#N)c2)c1-n1c2cc(-c3cccnc3-c3ccccc3)ccc2c2ccc(-c3cccnc3-c3ccccc3)cc21. The molecule has 0 atom stereocenters. The quantitative estimate of drug-likeness (QED) is 0.129. The first kappa shape index (κ1) is 52.4. The van der Waals surface area contributed by atoms with E-state index in [0.717, 1.165) is 161 Å². The van der Waals surface area contributed by atoms with Gasteiger partial charge in [0, 0.05) is 96.4 Å². The van der Waals surface area contributed by atoms with E-state index in [1.54, 1.807) is 0 Å². The molecule has 0 saturated heterocycles. The summed E-state index contributed by atoms with van der Waals surface area (Å²) in [7, 11) is 0. The van der Waals surface area contributed by atoms with Crippen molar-refractivity contribution in [1.29, 1.82) is 5.26 Å². The van der Waals surface area contributed by atoms with E-state index in [0.29, 0.717) is 5.56 Å². The number of pyridine rings is 4. The van der Waals surface area contributed by atoms with Gasteiger partial charge in [0.05, 0.1) is 67.8 Å². The van der Waals surface area contributed by atoms with Crippen LogP contribution < -0.4 is 0 Å². The van der Waals surface area contributed by atoms with Crippen molar-refractivity contribution in [2.24, 2.45) is 0 Å². The fourth-order valence-corrected chi connectivity index (χ4v) is 13.3. The van der Waals surface area contributed by atoms with Gasteiger partial charge in [0.25, 0.3) is 0 Å². The molecular weight excluding hydrogens is 1080 g/mol. The van der Waals surface area contributed by atoms with Crippen molar-refractivity contribution in [3.05, 3.63) is 315 Å². The summed E-state index contributed by atoms with van der Waals surface area (Å²) < 4.78 is 4.95. The molecule has 0 unspecified atom stereocenters. The Labute approximate surface area is 515 Å². The minimum atomic E-state index is 0.579. The largest absolute Gasteiger partial charge is 0.309 e. The smallest absolute Gasteiger partial charge is 0.0991 e. The summed E-state index contributed by atoms with van der Waals surface area (Å²) in [5.41, 5.74) is 25.7. The van der Waals surface area contributed by atoms with Gasteiger partial charge in [0.15, 0.2) is 0 Å². The van der Waals surface area contributed by atoms with Crippen LogP contribution in [0.4, 0.5) is 0 Å². The number of aromatic nitrogens is 6. The van der Waals surface area contributed by atoms with E-state index in [1.807, 2.05) is 91.5 Å². The van der Waals surface area contributed by atoms with Crippen LogP contribution in [0.1, 0.15) is 11.1 Å². The van der Waals surface area contributed by atoms with Crippen molar-refractivity contribution < 1.29 is 0 Å². The number of nitriles is 1. The molecule has 89 heavy (non-hydrogen) atoms. The summed E-state index contributed by atoms with van der Waals surface area (Å²) in [5, 5.41) is 15.0. The Bertz CT molecular complexity index is 5170. The van der Waals surface area contributed by atoms with Crippen molar-refractivity contribution in [2.45, 2.75) is 6.92 Å². The van der Waals surface area contributed by atoms with E-state index >= 15 is 0 Å². The number of benzene rings is 10. The van der Waals surface area contributed by atoms with Crippen molar-refractivity contribution in [3.63, 3.8) is 0 Å². The van der Waals surface area contributed by atoms with Gasteiger partial charge < -0.3 is 9.13 Å². The second-order valence-corrected chi connectivity index (χ2v) is 22.5. The van der Waals surface area contributed by atoms with Gasteiger partial charge in [-0.25, -0.2) is 0 Å². The standard InChI is InChI=1S/C82H53N7/c1-53-73(88-74-48-60(64-29-15-43-84-78(64)55-20-6-2-7-21-55)33-37-69(74)70-38-34-61(49-75(70)88)65-30-16-44-85-79(65)56-22-8-3-9-23-56)42-41-68(59-28-14-19-54(47-59)52-83)82(53)89-76-50-62(66-31-17-45-86-80(66)57-24-10-4-11-25-57)35-39-71(76)72-40-36-63(51-77(72)89)67-32-18-46-87-81(67)58-26-12-5-13-27-58/h2-51H,1H3. The summed E-state index contributed by atoms with van der Waals surface area (Å²) >= 11 is 0. The van der Waals surface area contributed by atoms with Crippen LogP contribution in [0.3, 0.4) is 0 Å². The molecule has 0 spiro atoms. The first-order valence-corrected chi connectivity index (χ1v) is 29.9.